The van der Waals surface area contributed by atoms with Gasteiger partial charge in [-0.25, -0.2) is 0 Å². The SMILES string of the molecule is CCc1cc2c(=O)c(Oc3ccc4ccccc4c3)c(C)oc2cc1OC(C)=O. The molecule has 4 aromatic rings. The molecule has 0 aliphatic rings. The largest absolute Gasteiger partial charge is 0.457 e. The Kier molecular flexibility index (Phi) is 4.80. The Morgan fingerprint density at radius 1 is 1.03 bits per heavy atom. The van der Waals surface area contributed by atoms with Gasteiger partial charge in [0.1, 0.15) is 22.8 Å². The van der Waals surface area contributed by atoms with Crippen molar-refractivity contribution in [2.75, 3.05) is 0 Å². The van der Waals surface area contributed by atoms with E-state index in [1.54, 1.807) is 19.1 Å². The minimum Gasteiger partial charge on any atom is -0.457 e. The highest BCUT2D eigenvalue weighted by molar-refractivity contribution is 5.84. The summed E-state index contributed by atoms with van der Waals surface area (Å²) in [6.07, 6.45) is 0.604. The molecule has 5 nitrogen and oxygen atoms in total. The molecule has 3 aromatic carbocycles. The third kappa shape index (κ3) is 3.59. The molecule has 0 aliphatic heterocycles. The van der Waals surface area contributed by atoms with E-state index < -0.39 is 5.97 Å². The van der Waals surface area contributed by atoms with E-state index >= 15 is 0 Å². The molecule has 0 amide bonds. The molecule has 0 N–H and O–H groups in total. The van der Waals surface area contributed by atoms with Crippen molar-refractivity contribution in [1.82, 2.24) is 0 Å². The number of fused-ring (bicyclic) bond motifs is 2. The number of benzene rings is 3. The highest BCUT2D eigenvalue weighted by Gasteiger charge is 2.17. The Bertz CT molecular complexity index is 1300. The molecule has 1 aromatic heterocycles. The van der Waals surface area contributed by atoms with E-state index in [-0.39, 0.29) is 11.2 Å². The Morgan fingerprint density at radius 3 is 2.52 bits per heavy atom. The second kappa shape index (κ2) is 7.43. The fourth-order valence-electron chi connectivity index (χ4n) is 3.35. The first-order valence-electron chi connectivity index (χ1n) is 9.41. The molecule has 1 heterocycles. The molecule has 29 heavy (non-hydrogen) atoms. The predicted octanol–water partition coefficient (Wildman–Crippen LogP) is 5.53. The van der Waals surface area contributed by atoms with Gasteiger partial charge in [-0.2, -0.15) is 0 Å². The van der Waals surface area contributed by atoms with Crippen LogP contribution in [0.2, 0.25) is 0 Å². The lowest BCUT2D eigenvalue weighted by Crippen LogP contribution is -2.09. The zero-order chi connectivity index (χ0) is 20.5. The number of hydrogen-bond donors (Lipinski definition) is 0. The van der Waals surface area contributed by atoms with Crippen molar-refractivity contribution in [1.29, 1.82) is 0 Å². The van der Waals surface area contributed by atoms with Gasteiger partial charge in [-0.05, 0) is 47.9 Å². The van der Waals surface area contributed by atoms with Gasteiger partial charge in [0.15, 0.2) is 0 Å². The van der Waals surface area contributed by atoms with Gasteiger partial charge in [0, 0.05) is 13.0 Å². The molecular formula is C24H20O5. The van der Waals surface area contributed by atoms with Crippen LogP contribution in [-0.2, 0) is 11.2 Å². The average Bonchev–Trinajstić information content (AvgIpc) is 2.70. The second-order valence-corrected chi connectivity index (χ2v) is 6.83. The molecule has 5 heteroatoms. The monoisotopic (exact) mass is 388 g/mol. The molecule has 0 saturated carbocycles. The van der Waals surface area contributed by atoms with E-state index in [1.807, 2.05) is 49.4 Å². The van der Waals surface area contributed by atoms with Crippen LogP contribution in [0, 0.1) is 6.92 Å². The zero-order valence-electron chi connectivity index (χ0n) is 16.4. The third-order valence-electron chi connectivity index (χ3n) is 4.77. The van der Waals surface area contributed by atoms with Crippen molar-refractivity contribution in [3.63, 3.8) is 0 Å². The first kappa shape index (κ1) is 18.7. The highest BCUT2D eigenvalue weighted by atomic mass is 16.5. The average molecular weight is 388 g/mol. The summed E-state index contributed by atoms with van der Waals surface area (Å²) in [5, 5.41) is 2.50. The smallest absolute Gasteiger partial charge is 0.308 e. The van der Waals surface area contributed by atoms with Crippen LogP contribution in [0.5, 0.6) is 17.2 Å². The van der Waals surface area contributed by atoms with Gasteiger partial charge in [0.05, 0.1) is 5.39 Å². The predicted molar refractivity (Wildman–Crippen MR) is 112 cm³/mol. The van der Waals surface area contributed by atoms with Crippen molar-refractivity contribution < 1.29 is 18.7 Å². The maximum atomic E-state index is 13.1. The van der Waals surface area contributed by atoms with Crippen molar-refractivity contribution >= 4 is 27.7 Å². The summed E-state index contributed by atoms with van der Waals surface area (Å²) in [6.45, 7) is 4.94. The van der Waals surface area contributed by atoms with Crippen molar-refractivity contribution in [2.24, 2.45) is 0 Å². The highest BCUT2D eigenvalue weighted by Crippen LogP contribution is 2.31. The number of aryl methyl sites for hydroxylation is 2. The molecule has 0 unspecified atom stereocenters. The number of rotatable bonds is 4. The normalized spacial score (nSPS) is 11.0. The molecule has 4 rings (SSSR count). The van der Waals surface area contributed by atoms with Gasteiger partial charge in [-0.3, -0.25) is 9.59 Å². The summed E-state index contributed by atoms with van der Waals surface area (Å²) in [5.74, 6) is 1.04. The summed E-state index contributed by atoms with van der Waals surface area (Å²) < 4.78 is 17.0. The fraction of sp³-hybridized carbons (Fsp3) is 0.167. The van der Waals surface area contributed by atoms with E-state index in [9.17, 15) is 9.59 Å². The fourth-order valence-corrected chi connectivity index (χ4v) is 3.35. The molecule has 0 saturated heterocycles. The molecule has 0 radical (unpaired) electrons. The summed E-state index contributed by atoms with van der Waals surface area (Å²) >= 11 is 0. The summed E-state index contributed by atoms with van der Waals surface area (Å²) in [4.78, 5) is 24.5. The van der Waals surface area contributed by atoms with Gasteiger partial charge < -0.3 is 13.9 Å². The van der Waals surface area contributed by atoms with Crippen molar-refractivity contribution in [2.45, 2.75) is 27.2 Å². The van der Waals surface area contributed by atoms with Gasteiger partial charge in [0.2, 0.25) is 11.2 Å². The Balaban J connectivity index is 1.81. The standard InChI is InChI=1S/C24H20O5/c1-4-16-12-20-22(13-21(16)28-15(3)25)27-14(2)24(23(20)26)29-19-10-9-17-7-5-6-8-18(17)11-19/h5-13H,4H2,1-3H3. The van der Waals surface area contributed by atoms with E-state index in [2.05, 4.69) is 0 Å². The lowest BCUT2D eigenvalue weighted by atomic mass is 10.1. The van der Waals surface area contributed by atoms with Crippen LogP contribution in [0.15, 0.2) is 63.8 Å². The van der Waals surface area contributed by atoms with Crippen LogP contribution in [0.3, 0.4) is 0 Å². The Hall–Kier alpha value is -3.60. The van der Waals surface area contributed by atoms with E-state index in [4.69, 9.17) is 13.9 Å². The lowest BCUT2D eigenvalue weighted by molar-refractivity contribution is -0.131. The number of hydrogen-bond acceptors (Lipinski definition) is 5. The van der Waals surface area contributed by atoms with Gasteiger partial charge in [-0.1, -0.05) is 37.3 Å². The minimum absolute atomic E-state index is 0.148. The van der Waals surface area contributed by atoms with Crippen LogP contribution in [-0.4, -0.2) is 5.97 Å². The summed E-state index contributed by atoms with van der Waals surface area (Å²) in [6, 6.07) is 16.9. The van der Waals surface area contributed by atoms with E-state index in [1.165, 1.54) is 6.92 Å². The molecule has 0 bridgehead atoms. The third-order valence-corrected chi connectivity index (χ3v) is 4.77. The van der Waals surface area contributed by atoms with Crippen LogP contribution < -0.4 is 14.9 Å². The second-order valence-electron chi connectivity index (χ2n) is 6.83. The number of ether oxygens (including phenoxy) is 2. The molecule has 146 valence electrons. The lowest BCUT2D eigenvalue weighted by Gasteiger charge is -2.12. The van der Waals surface area contributed by atoms with Crippen molar-refractivity contribution in [3.8, 4) is 17.2 Å². The number of carbonyl (C=O) groups is 1. The number of esters is 1. The first-order chi connectivity index (χ1) is 14.0. The summed E-state index contributed by atoms with van der Waals surface area (Å²) in [7, 11) is 0. The molecular weight excluding hydrogens is 368 g/mol. The van der Waals surface area contributed by atoms with Gasteiger partial charge in [0.25, 0.3) is 0 Å². The van der Waals surface area contributed by atoms with Crippen LogP contribution >= 0.6 is 0 Å². The van der Waals surface area contributed by atoms with Crippen LogP contribution in [0.1, 0.15) is 25.2 Å². The topological polar surface area (TPSA) is 65.7 Å². The Morgan fingerprint density at radius 2 is 1.79 bits per heavy atom. The zero-order valence-corrected chi connectivity index (χ0v) is 16.4. The maximum absolute atomic E-state index is 13.1. The van der Waals surface area contributed by atoms with E-state index in [0.29, 0.717) is 34.6 Å². The summed E-state index contributed by atoms with van der Waals surface area (Å²) in [5.41, 5.74) is 0.841. The first-order valence-corrected chi connectivity index (χ1v) is 9.41. The molecule has 0 fully saturated rings. The van der Waals surface area contributed by atoms with Gasteiger partial charge in [-0.15, -0.1) is 0 Å². The van der Waals surface area contributed by atoms with Crippen LogP contribution in [0.25, 0.3) is 21.7 Å². The van der Waals surface area contributed by atoms with Crippen molar-refractivity contribution in [3.05, 3.63) is 76.1 Å². The Labute approximate surface area is 167 Å². The van der Waals surface area contributed by atoms with Gasteiger partial charge >= 0.3 is 5.97 Å². The molecule has 0 atom stereocenters. The quantitative estimate of drug-likeness (QED) is 0.339. The maximum Gasteiger partial charge on any atom is 0.308 e. The molecule has 0 aliphatic carbocycles. The van der Waals surface area contributed by atoms with E-state index in [0.717, 1.165) is 16.3 Å². The minimum atomic E-state index is -0.422. The van der Waals surface area contributed by atoms with Crippen LogP contribution in [0.4, 0.5) is 0 Å². The number of carbonyl (C=O) groups excluding carboxylic acids is 1. The molecule has 0 spiro atoms.